The average molecular weight is 381 g/mol. The van der Waals surface area contributed by atoms with Crippen LogP contribution in [0.5, 0.6) is 11.5 Å². The smallest absolute Gasteiger partial charge is 0.281 e. The number of benzene rings is 2. The summed E-state index contributed by atoms with van der Waals surface area (Å²) in [6, 6.07) is 12.5. The van der Waals surface area contributed by atoms with E-state index in [-0.39, 0.29) is 22.6 Å². The summed E-state index contributed by atoms with van der Waals surface area (Å²) < 4.78 is 10.4. The molecular formula is C21H23N3O4. The molecule has 2 aromatic carbocycles. The number of anilines is 1. The van der Waals surface area contributed by atoms with E-state index >= 15 is 0 Å². The zero-order valence-electron chi connectivity index (χ0n) is 16.4. The number of nitro benzene ring substituents is 1. The van der Waals surface area contributed by atoms with Crippen LogP contribution in [0.4, 0.5) is 11.4 Å². The Kier molecular flexibility index (Phi) is 6.99. The van der Waals surface area contributed by atoms with Gasteiger partial charge in [0.25, 0.3) is 5.69 Å². The Morgan fingerprint density at radius 2 is 1.71 bits per heavy atom. The lowest BCUT2D eigenvalue weighted by Gasteiger charge is -2.20. The van der Waals surface area contributed by atoms with Crippen molar-refractivity contribution >= 4 is 23.0 Å². The normalized spacial score (nSPS) is 10.9. The Morgan fingerprint density at radius 1 is 1.14 bits per heavy atom. The van der Waals surface area contributed by atoms with Crippen molar-refractivity contribution in [2.45, 2.75) is 13.8 Å². The lowest BCUT2D eigenvalue weighted by Crippen LogP contribution is -2.21. The molecule has 0 radical (unpaired) electrons. The van der Waals surface area contributed by atoms with E-state index in [4.69, 9.17) is 9.47 Å². The molecule has 0 spiro atoms. The van der Waals surface area contributed by atoms with Gasteiger partial charge in [0.15, 0.2) is 11.5 Å². The molecule has 0 fully saturated rings. The first-order valence-corrected chi connectivity index (χ1v) is 8.86. The van der Waals surface area contributed by atoms with Crippen molar-refractivity contribution < 1.29 is 14.4 Å². The van der Waals surface area contributed by atoms with Gasteiger partial charge in [-0.15, -0.1) is 0 Å². The molecule has 0 atom stereocenters. The monoisotopic (exact) mass is 381 g/mol. The molecule has 0 aliphatic heterocycles. The van der Waals surface area contributed by atoms with Crippen LogP contribution >= 0.6 is 0 Å². The molecule has 146 valence electrons. The van der Waals surface area contributed by atoms with Gasteiger partial charge >= 0.3 is 0 Å². The van der Waals surface area contributed by atoms with E-state index in [1.165, 1.54) is 26.4 Å². The SMILES string of the molecule is CCN(CC)c1ccc(/C=C(\C#N)c2cc(OC)c(OC)cc2[N+](=O)[O-])cc1. The summed E-state index contributed by atoms with van der Waals surface area (Å²) in [5.74, 6) is 0.556. The van der Waals surface area contributed by atoms with E-state index in [0.717, 1.165) is 24.3 Å². The fourth-order valence-electron chi connectivity index (χ4n) is 2.94. The van der Waals surface area contributed by atoms with Crippen LogP contribution in [0.3, 0.4) is 0 Å². The highest BCUT2D eigenvalue weighted by molar-refractivity contribution is 5.93. The van der Waals surface area contributed by atoms with Gasteiger partial charge in [-0.2, -0.15) is 5.26 Å². The molecule has 28 heavy (non-hydrogen) atoms. The molecule has 0 heterocycles. The second-order valence-corrected chi connectivity index (χ2v) is 5.92. The van der Waals surface area contributed by atoms with Gasteiger partial charge in [0.05, 0.1) is 36.3 Å². The molecule has 0 N–H and O–H groups in total. The minimum atomic E-state index is -0.536. The van der Waals surface area contributed by atoms with Crippen LogP contribution in [0.1, 0.15) is 25.0 Å². The highest BCUT2D eigenvalue weighted by Crippen LogP contribution is 2.38. The third-order valence-electron chi connectivity index (χ3n) is 4.44. The molecule has 0 bridgehead atoms. The summed E-state index contributed by atoms with van der Waals surface area (Å²) in [4.78, 5) is 13.2. The summed E-state index contributed by atoms with van der Waals surface area (Å²) in [5.41, 5.74) is 1.99. The average Bonchev–Trinajstić information content (AvgIpc) is 2.72. The van der Waals surface area contributed by atoms with Crippen molar-refractivity contribution in [3.63, 3.8) is 0 Å². The van der Waals surface area contributed by atoms with Crippen molar-refractivity contribution in [1.82, 2.24) is 0 Å². The van der Waals surface area contributed by atoms with Crippen molar-refractivity contribution in [3.05, 3.63) is 57.6 Å². The first-order chi connectivity index (χ1) is 13.5. The summed E-state index contributed by atoms with van der Waals surface area (Å²) >= 11 is 0. The molecule has 0 aromatic heterocycles. The maximum absolute atomic E-state index is 11.5. The van der Waals surface area contributed by atoms with E-state index in [1.807, 2.05) is 24.3 Å². The molecule has 0 saturated carbocycles. The zero-order chi connectivity index (χ0) is 20.7. The van der Waals surface area contributed by atoms with Crippen LogP contribution in [-0.4, -0.2) is 32.2 Å². The number of nitrogens with zero attached hydrogens (tertiary/aromatic N) is 3. The largest absolute Gasteiger partial charge is 0.493 e. The maximum atomic E-state index is 11.5. The van der Waals surface area contributed by atoms with Crippen LogP contribution in [-0.2, 0) is 0 Å². The Labute approximate surface area is 164 Å². The number of hydrogen-bond donors (Lipinski definition) is 0. The minimum Gasteiger partial charge on any atom is -0.493 e. The lowest BCUT2D eigenvalue weighted by atomic mass is 10.0. The Balaban J connectivity index is 2.53. The number of allylic oxidation sites excluding steroid dienone is 1. The van der Waals surface area contributed by atoms with Gasteiger partial charge in [-0.05, 0) is 43.7 Å². The summed E-state index contributed by atoms with van der Waals surface area (Å²) in [7, 11) is 2.84. The third-order valence-corrected chi connectivity index (χ3v) is 4.44. The zero-order valence-corrected chi connectivity index (χ0v) is 16.4. The van der Waals surface area contributed by atoms with E-state index in [1.54, 1.807) is 6.08 Å². The Bertz CT molecular complexity index is 910. The van der Waals surface area contributed by atoms with Crippen LogP contribution in [0.25, 0.3) is 11.6 Å². The molecule has 2 aromatic rings. The van der Waals surface area contributed by atoms with Gasteiger partial charge in [-0.1, -0.05) is 12.1 Å². The summed E-state index contributed by atoms with van der Waals surface area (Å²) in [5, 5.41) is 21.1. The Hall–Kier alpha value is -3.53. The van der Waals surface area contributed by atoms with E-state index in [9.17, 15) is 15.4 Å². The Morgan fingerprint density at radius 3 is 2.18 bits per heavy atom. The molecule has 0 aliphatic rings. The maximum Gasteiger partial charge on any atom is 0.281 e. The van der Waals surface area contributed by atoms with Crippen LogP contribution < -0.4 is 14.4 Å². The lowest BCUT2D eigenvalue weighted by molar-refractivity contribution is -0.385. The highest BCUT2D eigenvalue weighted by atomic mass is 16.6. The molecule has 0 saturated heterocycles. The second kappa shape index (κ2) is 9.42. The second-order valence-electron chi connectivity index (χ2n) is 5.92. The van der Waals surface area contributed by atoms with Crippen LogP contribution in [0.15, 0.2) is 36.4 Å². The number of nitro groups is 1. The van der Waals surface area contributed by atoms with E-state index in [0.29, 0.717) is 5.75 Å². The minimum absolute atomic E-state index is 0.170. The molecule has 2 rings (SSSR count). The van der Waals surface area contributed by atoms with Gasteiger partial charge in [0.1, 0.15) is 6.07 Å². The van der Waals surface area contributed by atoms with Crippen molar-refractivity contribution in [2.24, 2.45) is 0 Å². The quantitative estimate of drug-likeness (QED) is 0.289. The first kappa shape index (κ1) is 20.8. The standard InChI is InChI=1S/C21H23N3O4/c1-5-23(6-2)17-9-7-15(8-10-17)11-16(14-22)18-12-20(27-3)21(28-4)13-19(18)24(25)26/h7-13H,5-6H2,1-4H3/b16-11+. The fourth-order valence-corrected chi connectivity index (χ4v) is 2.94. The van der Waals surface area contributed by atoms with Gasteiger partial charge in [-0.3, -0.25) is 10.1 Å². The molecule has 7 heteroatoms. The number of rotatable bonds is 8. The molecule has 0 aliphatic carbocycles. The van der Waals surface area contributed by atoms with Crippen LogP contribution in [0, 0.1) is 21.4 Å². The molecule has 0 amide bonds. The van der Waals surface area contributed by atoms with Gasteiger partial charge < -0.3 is 14.4 Å². The van der Waals surface area contributed by atoms with Crippen molar-refractivity contribution in [1.29, 1.82) is 5.26 Å². The predicted molar refractivity (Wildman–Crippen MR) is 110 cm³/mol. The number of nitriles is 1. The topological polar surface area (TPSA) is 88.6 Å². The number of methoxy groups -OCH3 is 2. The predicted octanol–water partition coefficient (Wildman–Crippen LogP) is 4.52. The van der Waals surface area contributed by atoms with Crippen molar-refractivity contribution in [2.75, 3.05) is 32.2 Å². The number of ether oxygens (including phenoxy) is 2. The van der Waals surface area contributed by atoms with Gasteiger partial charge in [0.2, 0.25) is 0 Å². The third kappa shape index (κ3) is 4.41. The highest BCUT2D eigenvalue weighted by Gasteiger charge is 2.22. The summed E-state index contributed by atoms with van der Waals surface area (Å²) in [6.07, 6.45) is 1.63. The van der Waals surface area contributed by atoms with Gasteiger partial charge in [-0.25, -0.2) is 0 Å². The van der Waals surface area contributed by atoms with E-state index in [2.05, 4.69) is 24.8 Å². The van der Waals surface area contributed by atoms with Crippen LogP contribution in [0.2, 0.25) is 0 Å². The van der Waals surface area contributed by atoms with Gasteiger partial charge in [0, 0.05) is 18.8 Å². The fraction of sp³-hybridized carbons (Fsp3) is 0.286. The van der Waals surface area contributed by atoms with E-state index < -0.39 is 4.92 Å². The van der Waals surface area contributed by atoms with Crippen molar-refractivity contribution in [3.8, 4) is 17.6 Å². The molecule has 7 nitrogen and oxygen atoms in total. The summed E-state index contributed by atoms with van der Waals surface area (Å²) in [6.45, 7) is 5.96. The first-order valence-electron chi connectivity index (χ1n) is 8.86. The molecule has 0 unspecified atom stereocenters. The molecular weight excluding hydrogens is 358 g/mol. The number of hydrogen-bond acceptors (Lipinski definition) is 6.